The zero-order valence-corrected chi connectivity index (χ0v) is 11.7. The predicted molar refractivity (Wildman–Crippen MR) is 72.6 cm³/mol. The number of carboxylic acids is 1. The summed E-state index contributed by atoms with van der Waals surface area (Å²) in [6, 6.07) is -0.181. The maximum Gasteiger partial charge on any atom is 0.320 e. The molecule has 106 valence electrons. The van der Waals surface area contributed by atoms with Gasteiger partial charge in [0.05, 0.1) is 12.0 Å². The van der Waals surface area contributed by atoms with Crippen LogP contribution in [-0.4, -0.2) is 53.6 Å². The van der Waals surface area contributed by atoms with Gasteiger partial charge < -0.3 is 14.9 Å². The Bertz CT molecular complexity index is 385. The minimum Gasteiger partial charge on any atom is -0.481 e. The van der Waals surface area contributed by atoms with Crippen molar-refractivity contribution in [3.8, 4) is 12.3 Å². The van der Waals surface area contributed by atoms with Crippen molar-refractivity contribution >= 4 is 12.0 Å². The maximum atomic E-state index is 12.2. The quantitative estimate of drug-likeness (QED) is 0.787. The highest BCUT2D eigenvalue weighted by atomic mass is 16.4. The van der Waals surface area contributed by atoms with E-state index in [0.717, 1.165) is 12.8 Å². The molecule has 5 nitrogen and oxygen atoms in total. The molecule has 0 radical (unpaired) electrons. The van der Waals surface area contributed by atoms with E-state index in [-0.39, 0.29) is 19.1 Å². The highest BCUT2D eigenvalue weighted by Gasteiger charge is 2.43. The predicted octanol–water partition coefficient (Wildman–Crippen LogP) is 1.64. The Morgan fingerprint density at radius 2 is 2.21 bits per heavy atom. The molecule has 1 rings (SSSR count). The number of aliphatic carboxylic acids is 1. The SMILES string of the molecule is C#CCN(C)C(=O)N1CCCC(CCC)(C(=O)O)C1. The summed E-state index contributed by atoms with van der Waals surface area (Å²) in [6.45, 7) is 3.09. The second kappa shape index (κ2) is 6.46. The molecule has 1 aliphatic heterocycles. The molecular formula is C14H22N2O3. The molecule has 0 bridgehead atoms. The Kier molecular flexibility index (Phi) is 5.22. The molecule has 0 spiro atoms. The number of urea groups is 1. The third-order valence-corrected chi connectivity index (χ3v) is 3.68. The summed E-state index contributed by atoms with van der Waals surface area (Å²) in [5.74, 6) is 1.62. The maximum absolute atomic E-state index is 12.2. The molecule has 0 aliphatic carbocycles. The van der Waals surface area contributed by atoms with E-state index in [0.29, 0.717) is 19.4 Å². The van der Waals surface area contributed by atoms with Crippen molar-refractivity contribution in [2.45, 2.75) is 32.6 Å². The van der Waals surface area contributed by atoms with Crippen molar-refractivity contribution < 1.29 is 14.7 Å². The van der Waals surface area contributed by atoms with E-state index in [1.807, 2.05) is 6.92 Å². The number of hydrogen-bond donors (Lipinski definition) is 1. The first-order valence-corrected chi connectivity index (χ1v) is 6.63. The molecule has 5 heteroatoms. The largest absolute Gasteiger partial charge is 0.481 e. The van der Waals surface area contributed by atoms with Crippen molar-refractivity contribution in [1.82, 2.24) is 9.80 Å². The number of terminal acetylenes is 1. The van der Waals surface area contributed by atoms with Crippen LogP contribution in [0.15, 0.2) is 0 Å². The number of piperidine rings is 1. The molecule has 0 saturated carbocycles. The fourth-order valence-corrected chi connectivity index (χ4v) is 2.71. The van der Waals surface area contributed by atoms with E-state index >= 15 is 0 Å². The standard InChI is InChI=1S/C14H22N2O3/c1-4-7-14(12(17)18)8-6-10-16(11-14)13(19)15(3)9-5-2/h2H,4,6-11H2,1,3H3,(H,17,18). The van der Waals surface area contributed by atoms with Gasteiger partial charge in [0, 0.05) is 20.1 Å². The summed E-state index contributed by atoms with van der Waals surface area (Å²) in [7, 11) is 1.64. The molecule has 0 aromatic heterocycles. The minimum absolute atomic E-state index is 0.181. The molecule has 0 aromatic carbocycles. The second-order valence-electron chi connectivity index (χ2n) is 5.20. The number of carbonyl (C=O) groups is 2. The van der Waals surface area contributed by atoms with E-state index in [4.69, 9.17) is 6.42 Å². The number of carboxylic acid groups (broad SMARTS) is 1. The Labute approximate surface area is 114 Å². The first-order chi connectivity index (χ1) is 8.96. The molecule has 2 amide bonds. The summed E-state index contributed by atoms with van der Waals surface area (Å²) in [4.78, 5) is 26.8. The van der Waals surface area contributed by atoms with Crippen LogP contribution in [0.4, 0.5) is 4.79 Å². The number of nitrogens with zero attached hydrogens (tertiary/aromatic N) is 2. The lowest BCUT2D eigenvalue weighted by Gasteiger charge is -2.41. The topological polar surface area (TPSA) is 60.9 Å². The third-order valence-electron chi connectivity index (χ3n) is 3.68. The van der Waals surface area contributed by atoms with Crippen LogP contribution in [0.5, 0.6) is 0 Å². The van der Waals surface area contributed by atoms with Gasteiger partial charge in [0.1, 0.15) is 0 Å². The van der Waals surface area contributed by atoms with Crippen molar-refractivity contribution in [3.63, 3.8) is 0 Å². The molecule has 1 atom stereocenters. The molecule has 1 saturated heterocycles. The Balaban J connectivity index is 2.80. The Morgan fingerprint density at radius 3 is 2.74 bits per heavy atom. The van der Waals surface area contributed by atoms with Crippen LogP contribution < -0.4 is 0 Å². The van der Waals surface area contributed by atoms with Gasteiger partial charge >= 0.3 is 12.0 Å². The van der Waals surface area contributed by atoms with Crippen LogP contribution in [0.25, 0.3) is 0 Å². The highest BCUT2D eigenvalue weighted by Crippen LogP contribution is 2.35. The lowest BCUT2D eigenvalue weighted by Crippen LogP contribution is -2.53. The van der Waals surface area contributed by atoms with Gasteiger partial charge in [-0.1, -0.05) is 19.3 Å². The van der Waals surface area contributed by atoms with Gasteiger partial charge in [0.15, 0.2) is 0 Å². The minimum atomic E-state index is -0.800. The van der Waals surface area contributed by atoms with Gasteiger partial charge in [-0.2, -0.15) is 0 Å². The third kappa shape index (κ3) is 3.40. The van der Waals surface area contributed by atoms with Gasteiger partial charge in [-0.05, 0) is 19.3 Å². The lowest BCUT2D eigenvalue weighted by atomic mass is 9.76. The zero-order chi connectivity index (χ0) is 14.5. The van der Waals surface area contributed by atoms with Gasteiger partial charge in [-0.15, -0.1) is 6.42 Å². The molecule has 1 aliphatic rings. The first-order valence-electron chi connectivity index (χ1n) is 6.63. The van der Waals surface area contributed by atoms with Gasteiger partial charge in [0.2, 0.25) is 0 Å². The fourth-order valence-electron chi connectivity index (χ4n) is 2.71. The number of hydrogen-bond acceptors (Lipinski definition) is 2. The molecule has 1 heterocycles. The van der Waals surface area contributed by atoms with Crippen molar-refractivity contribution in [2.24, 2.45) is 5.41 Å². The van der Waals surface area contributed by atoms with E-state index in [9.17, 15) is 14.7 Å². The average Bonchev–Trinajstić information content (AvgIpc) is 2.38. The fraction of sp³-hybridized carbons (Fsp3) is 0.714. The monoisotopic (exact) mass is 266 g/mol. The highest BCUT2D eigenvalue weighted by molar-refractivity contribution is 5.79. The van der Waals surface area contributed by atoms with Crippen molar-refractivity contribution in [1.29, 1.82) is 0 Å². The van der Waals surface area contributed by atoms with Crippen molar-refractivity contribution in [2.75, 3.05) is 26.7 Å². The van der Waals surface area contributed by atoms with Crippen LogP contribution in [-0.2, 0) is 4.79 Å². The molecule has 1 unspecified atom stereocenters. The van der Waals surface area contributed by atoms with Gasteiger partial charge in [-0.25, -0.2) is 4.79 Å². The second-order valence-corrected chi connectivity index (χ2v) is 5.20. The van der Waals surface area contributed by atoms with Crippen LogP contribution in [0.2, 0.25) is 0 Å². The van der Waals surface area contributed by atoms with Crippen LogP contribution in [0, 0.1) is 17.8 Å². The van der Waals surface area contributed by atoms with Crippen LogP contribution in [0.3, 0.4) is 0 Å². The Morgan fingerprint density at radius 1 is 1.53 bits per heavy atom. The van der Waals surface area contributed by atoms with Gasteiger partial charge in [0.25, 0.3) is 0 Å². The first kappa shape index (κ1) is 15.4. The number of rotatable bonds is 4. The normalized spacial score (nSPS) is 22.7. The van der Waals surface area contributed by atoms with Crippen molar-refractivity contribution in [3.05, 3.63) is 0 Å². The van der Waals surface area contributed by atoms with Gasteiger partial charge in [-0.3, -0.25) is 4.79 Å². The zero-order valence-electron chi connectivity index (χ0n) is 11.7. The lowest BCUT2D eigenvalue weighted by molar-refractivity contribution is -0.152. The average molecular weight is 266 g/mol. The van der Waals surface area contributed by atoms with Crippen LogP contribution >= 0.6 is 0 Å². The molecular weight excluding hydrogens is 244 g/mol. The summed E-state index contributed by atoms with van der Waals surface area (Å²) in [5, 5.41) is 9.48. The summed E-state index contributed by atoms with van der Waals surface area (Å²) in [6.07, 6.45) is 7.95. The Hall–Kier alpha value is -1.70. The summed E-state index contributed by atoms with van der Waals surface area (Å²) in [5.41, 5.74) is -0.792. The van der Waals surface area contributed by atoms with E-state index in [2.05, 4.69) is 5.92 Å². The summed E-state index contributed by atoms with van der Waals surface area (Å²) >= 11 is 0. The number of amides is 2. The molecule has 19 heavy (non-hydrogen) atoms. The molecule has 1 fully saturated rings. The molecule has 1 N–H and O–H groups in total. The smallest absolute Gasteiger partial charge is 0.320 e. The van der Waals surface area contributed by atoms with E-state index in [1.54, 1.807) is 11.9 Å². The number of carbonyl (C=O) groups excluding carboxylic acids is 1. The van der Waals surface area contributed by atoms with Crippen LogP contribution in [0.1, 0.15) is 32.6 Å². The molecule has 0 aromatic rings. The van der Waals surface area contributed by atoms with E-state index < -0.39 is 11.4 Å². The number of likely N-dealkylation sites (tertiary alicyclic amines) is 1. The van der Waals surface area contributed by atoms with E-state index in [1.165, 1.54) is 4.90 Å². The summed E-state index contributed by atoms with van der Waals surface area (Å²) < 4.78 is 0.